The van der Waals surface area contributed by atoms with Crippen molar-refractivity contribution in [3.8, 4) is 0 Å². The van der Waals surface area contributed by atoms with Crippen LogP contribution in [0.1, 0.15) is 47.1 Å². The van der Waals surface area contributed by atoms with E-state index in [4.69, 9.17) is 9.47 Å². The fourth-order valence-electron chi connectivity index (χ4n) is 7.00. The molecule has 5 aromatic rings. The molecule has 1 fully saturated rings. The SMILES string of the molecule is O=C(NC(=NCCCC1C(=O)N(C(=O)NC(Cc2ccccc2)Cc2ccccc2)C1CCc1ccccc1)NC(=O)OCc1ccccc1)OCc1ccccc1. The van der Waals surface area contributed by atoms with Crippen LogP contribution >= 0.6 is 0 Å². The first-order valence-corrected chi connectivity index (χ1v) is 19.7. The Morgan fingerprint density at radius 2 is 1.02 bits per heavy atom. The number of guanidine groups is 1. The number of amides is 5. The highest BCUT2D eigenvalue weighted by Gasteiger charge is 2.49. The van der Waals surface area contributed by atoms with Gasteiger partial charge in [-0.15, -0.1) is 0 Å². The normalized spacial score (nSPS) is 14.5. The first-order chi connectivity index (χ1) is 28.4. The summed E-state index contributed by atoms with van der Waals surface area (Å²) in [6.45, 7) is 0.219. The fourth-order valence-corrected chi connectivity index (χ4v) is 7.00. The molecule has 5 amide bonds. The van der Waals surface area contributed by atoms with Crippen LogP contribution in [0.15, 0.2) is 157 Å². The lowest BCUT2D eigenvalue weighted by molar-refractivity contribution is -0.151. The van der Waals surface area contributed by atoms with Gasteiger partial charge in [-0.05, 0) is 66.3 Å². The molecule has 0 radical (unpaired) electrons. The zero-order valence-electron chi connectivity index (χ0n) is 32.4. The van der Waals surface area contributed by atoms with Gasteiger partial charge in [-0.3, -0.25) is 25.3 Å². The van der Waals surface area contributed by atoms with Crippen molar-refractivity contribution < 1.29 is 28.7 Å². The maximum atomic E-state index is 14.0. The number of imide groups is 1. The number of urea groups is 1. The highest BCUT2D eigenvalue weighted by Crippen LogP contribution is 2.34. The van der Waals surface area contributed by atoms with E-state index in [1.54, 1.807) is 0 Å². The lowest BCUT2D eigenvalue weighted by atomic mass is 9.80. The Labute approximate surface area is 339 Å². The van der Waals surface area contributed by atoms with Crippen molar-refractivity contribution >= 4 is 30.1 Å². The summed E-state index contributed by atoms with van der Waals surface area (Å²) >= 11 is 0. The molecule has 11 nitrogen and oxygen atoms in total. The predicted molar refractivity (Wildman–Crippen MR) is 223 cm³/mol. The van der Waals surface area contributed by atoms with Gasteiger partial charge in [0.05, 0.1) is 12.0 Å². The van der Waals surface area contributed by atoms with E-state index >= 15 is 0 Å². The summed E-state index contributed by atoms with van der Waals surface area (Å²) in [5, 5.41) is 8.22. The largest absolute Gasteiger partial charge is 0.444 e. The van der Waals surface area contributed by atoms with E-state index in [2.05, 4.69) is 20.9 Å². The van der Waals surface area contributed by atoms with Crippen molar-refractivity contribution in [2.75, 3.05) is 6.54 Å². The van der Waals surface area contributed by atoms with Crippen LogP contribution in [0, 0.1) is 5.92 Å². The fraction of sp³-hybridized carbons (Fsp3) is 0.255. The Bertz CT molecular complexity index is 1980. The number of alkyl carbamates (subject to hydrolysis) is 2. The lowest BCUT2D eigenvalue weighted by Gasteiger charge is -2.46. The highest BCUT2D eigenvalue weighted by atomic mass is 16.6. The van der Waals surface area contributed by atoms with Crippen LogP contribution in [0.25, 0.3) is 0 Å². The number of benzene rings is 5. The first-order valence-electron chi connectivity index (χ1n) is 19.7. The van der Waals surface area contributed by atoms with E-state index in [9.17, 15) is 19.2 Å². The van der Waals surface area contributed by atoms with Gasteiger partial charge in [0, 0.05) is 12.6 Å². The molecule has 1 aliphatic rings. The molecule has 11 heteroatoms. The van der Waals surface area contributed by atoms with Crippen molar-refractivity contribution in [3.05, 3.63) is 179 Å². The quantitative estimate of drug-likeness (QED) is 0.0402. The molecule has 1 saturated heterocycles. The minimum absolute atomic E-state index is 0.0237. The molecule has 1 heterocycles. The zero-order valence-corrected chi connectivity index (χ0v) is 32.4. The minimum atomic E-state index is -0.805. The van der Waals surface area contributed by atoms with E-state index in [1.807, 2.05) is 152 Å². The van der Waals surface area contributed by atoms with Crippen LogP contribution < -0.4 is 16.0 Å². The summed E-state index contributed by atoms with van der Waals surface area (Å²) < 4.78 is 10.7. The number of aliphatic imine (C=N–C) groups is 1. The second kappa shape index (κ2) is 21.5. The van der Waals surface area contributed by atoms with Crippen molar-refractivity contribution in [1.82, 2.24) is 20.9 Å². The summed E-state index contributed by atoms with van der Waals surface area (Å²) in [5.74, 6) is -0.772. The molecule has 1 aliphatic heterocycles. The number of hydrogen-bond acceptors (Lipinski definition) is 7. The molecular formula is C47H49N5O6. The molecule has 2 unspecified atom stereocenters. The van der Waals surface area contributed by atoms with Crippen molar-refractivity contribution in [3.63, 3.8) is 0 Å². The van der Waals surface area contributed by atoms with Crippen LogP contribution in [-0.2, 0) is 46.7 Å². The van der Waals surface area contributed by atoms with Gasteiger partial charge in [0.25, 0.3) is 0 Å². The third kappa shape index (κ3) is 12.6. The summed E-state index contributed by atoms with van der Waals surface area (Å²) in [4.78, 5) is 59.1. The van der Waals surface area contributed by atoms with Crippen LogP contribution in [-0.4, -0.2) is 53.6 Å². The smallest absolute Gasteiger partial charge is 0.414 e. The van der Waals surface area contributed by atoms with Gasteiger partial charge in [-0.2, -0.15) is 0 Å². The number of rotatable bonds is 16. The Morgan fingerprint density at radius 3 is 1.48 bits per heavy atom. The molecule has 0 spiro atoms. The molecule has 298 valence electrons. The summed E-state index contributed by atoms with van der Waals surface area (Å²) in [7, 11) is 0. The lowest BCUT2D eigenvalue weighted by Crippen LogP contribution is -2.66. The summed E-state index contributed by atoms with van der Waals surface area (Å²) in [6.07, 6.45) is 1.82. The minimum Gasteiger partial charge on any atom is -0.444 e. The van der Waals surface area contributed by atoms with Gasteiger partial charge in [0.15, 0.2) is 0 Å². The van der Waals surface area contributed by atoms with E-state index in [0.717, 1.165) is 27.8 Å². The van der Waals surface area contributed by atoms with Gasteiger partial charge in [-0.1, -0.05) is 152 Å². The van der Waals surface area contributed by atoms with Crippen LogP contribution in [0.2, 0.25) is 0 Å². The molecule has 58 heavy (non-hydrogen) atoms. The van der Waals surface area contributed by atoms with E-state index < -0.39 is 24.1 Å². The third-order valence-electron chi connectivity index (χ3n) is 9.93. The van der Waals surface area contributed by atoms with Crippen molar-refractivity contribution in [2.24, 2.45) is 10.9 Å². The average Bonchev–Trinajstić information content (AvgIpc) is 3.25. The summed E-state index contributed by atoms with van der Waals surface area (Å²) in [5.41, 5.74) is 4.90. The Balaban J connectivity index is 1.10. The highest BCUT2D eigenvalue weighted by molar-refractivity contribution is 6.02. The third-order valence-corrected chi connectivity index (χ3v) is 9.93. The van der Waals surface area contributed by atoms with Gasteiger partial charge >= 0.3 is 18.2 Å². The number of carbonyl (C=O) groups is 4. The number of likely N-dealkylation sites (tertiary alicyclic amines) is 1. The molecule has 3 N–H and O–H groups in total. The predicted octanol–water partition coefficient (Wildman–Crippen LogP) is 8.00. The number of hydrogen-bond donors (Lipinski definition) is 3. The maximum absolute atomic E-state index is 14.0. The van der Waals surface area contributed by atoms with Crippen LogP contribution in [0.5, 0.6) is 0 Å². The number of ether oxygens (including phenoxy) is 2. The molecule has 0 bridgehead atoms. The molecule has 5 aromatic carbocycles. The Kier molecular flexibility index (Phi) is 15.2. The average molecular weight is 780 g/mol. The Hall–Kier alpha value is -6.75. The monoisotopic (exact) mass is 779 g/mol. The first kappa shape index (κ1) is 40.9. The van der Waals surface area contributed by atoms with Gasteiger partial charge in [0.1, 0.15) is 13.2 Å². The molecular weight excluding hydrogens is 731 g/mol. The van der Waals surface area contributed by atoms with Gasteiger partial charge < -0.3 is 14.8 Å². The summed E-state index contributed by atoms with van der Waals surface area (Å²) in [6, 6.07) is 47.5. The van der Waals surface area contributed by atoms with E-state index in [0.29, 0.717) is 38.5 Å². The zero-order chi connectivity index (χ0) is 40.4. The van der Waals surface area contributed by atoms with Crippen molar-refractivity contribution in [2.45, 2.75) is 63.8 Å². The molecule has 0 aliphatic carbocycles. The second-order valence-electron chi connectivity index (χ2n) is 14.2. The molecule has 0 aromatic heterocycles. The molecule has 0 saturated carbocycles. The second-order valence-corrected chi connectivity index (χ2v) is 14.2. The van der Waals surface area contributed by atoms with Crippen LogP contribution in [0.4, 0.5) is 14.4 Å². The number of β-lactam (4-membered cyclic amide) rings is 1. The number of nitrogens with one attached hydrogen (secondary N) is 3. The number of nitrogens with zero attached hydrogens (tertiary/aromatic N) is 2. The van der Waals surface area contributed by atoms with Gasteiger partial charge in [0.2, 0.25) is 11.9 Å². The number of carbonyl (C=O) groups excluding carboxylic acids is 4. The maximum Gasteiger partial charge on any atom is 0.414 e. The van der Waals surface area contributed by atoms with Crippen molar-refractivity contribution in [1.29, 1.82) is 0 Å². The topological polar surface area (TPSA) is 138 Å². The Morgan fingerprint density at radius 1 is 0.586 bits per heavy atom. The molecule has 6 rings (SSSR count). The standard InChI is InChI=1S/C47H49N5O6/c53-43-41(27-16-30-48-44(50-46(55)57-33-38-23-12-4-13-24-38)51-47(56)58-34-39-25-14-5-15-26-39)42(29-28-35-17-6-1-7-18-35)52(43)45(54)49-40(31-36-19-8-2-9-20-36)32-37-21-10-3-11-22-37/h1-15,17-26,40-42H,16,27-34H2,(H,49,54)(H2,48,50,51,55,56). The number of aryl methyl sites for hydroxylation is 1. The van der Waals surface area contributed by atoms with E-state index in [-0.39, 0.29) is 43.7 Å². The van der Waals surface area contributed by atoms with Gasteiger partial charge in [-0.25, -0.2) is 14.4 Å². The molecule has 2 atom stereocenters. The van der Waals surface area contributed by atoms with E-state index in [1.165, 1.54) is 4.90 Å². The van der Waals surface area contributed by atoms with Crippen LogP contribution in [0.3, 0.4) is 0 Å².